The van der Waals surface area contributed by atoms with E-state index in [1.807, 2.05) is 47.8 Å². The molecule has 2 aliphatic rings. The van der Waals surface area contributed by atoms with Gasteiger partial charge in [0.25, 0.3) is 12.4 Å². The van der Waals surface area contributed by atoms with Gasteiger partial charge in [-0.1, -0.05) is 57.1 Å². The van der Waals surface area contributed by atoms with Crippen LogP contribution in [0.2, 0.25) is 0 Å². The van der Waals surface area contributed by atoms with Crippen molar-refractivity contribution in [1.82, 2.24) is 39.9 Å². The minimum absolute atomic E-state index is 0.0586. The number of hydrogen-bond donors (Lipinski definition) is 5. The van der Waals surface area contributed by atoms with Gasteiger partial charge in [-0.15, -0.1) is 0 Å². The van der Waals surface area contributed by atoms with E-state index in [1.165, 1.54) is 19.0 Å². The van der Waals surface area contributed by atoms with Crippen molar-refractivity contribution in [2.24, 2.45) is 28.8 Å². The number of carbonyl (C=O) groups excluding carboxylic acids is 3. The summed E-state index contributed by atoms with van der Waals surface area (Å²) in [5.41, 5.74) is 14.0. The van der Waals surface area contributed by atoms with E-state index < -0.39 is 12.2 Å². The van der Waals surface area contributed by atoms with Crippen molar-refractivity contribution in [3.05, 3.63) is 77.4 Å². The number of nitrogens with zero attached hydrogens (tertiary/aromatic N) is 7. The third-order valence-electron chi connectivity index (χ3n) is 16.5. The van der Waals surface area contributed by atoms with E-state index in [1.54, 1.807) is 6.20 Å². The Morgan fingerprint density at radius 2 is 1.54 bits per heavy atom. The maximum atomic E-state index is 13.1. The van der Waals surface area contributed by atoms with Crippen LogP contribution < -0.4 is 11.1 Å². The van der Waals surface area contributed by atoms with Crippen LogP contribution in [0.3, 0.4) is 0 Å². The molecule has 2 amide bonds. The van der Waals surface area contributed by atoms with Gasteiger partial charge in [0, 0.05) is 56.0 Å². The van der Waals surface area contributed by atoms with Crippen LogP contribution in [0.5, 0.6) is 0 Å². The molecule has 24 nitrogen and oxygen atoms in total. The standard InChI is InChI=1S/C66H98N10O14/c1-45(2)35-47(4)60(63(82-6)62(81)48(5)36-46(3)7-15-56(89-44-77)16-11-49-9-13-55(78)14-10-49)74-90-42-57(79)68-21-24-84-26-28-86-30-32-88-34-33-87-31-29-85-27-25-83-23-19-58(80)75-22-18-51-37-50(8-12-53(51)41-75)40-76-66-59(64(67)71-43-72-66)61(73-76)54-38-52-17-20-69-65(52)70-39-54/h8,12,17,20,36-39,43-47,49,55-56,62-63,78,81H,7,9-11,13-16,18-19,21-35,40-42H2,1-6H3,(H,68,79)(H,69,70)(H2,67,71,72)/b48-36+,74-60+/t46-,47+,49-,55-,56-,62+,63-/m0/s1. The average Bonchev–Trinajstić information content (AvgIpc) is 2.26. The number of allylic oxidation sites excluding steroid dienone is 1. The molecule has 1 aromatic carbocycles. The molecule has 0 unspecified atom stereocenters. The number of anilines is 1. The number of aliphatic hydroxyl groups excluding tert-OH is 2. The number of nitrogen functional groups attached to an aromatic ring is 1. The summed E-state index contributed by atoms with van der Waals surface area (Å²) in [5, 5.41) is 35.2. The quantitative estimate of drug-likeness (QED) is 0.00850. The Morgan fingerprint density at radius 3 is 2.22 bits per heavy atom. The molecule has 6 N–H and O–H groups in total. The summed E-state index contributed by atoms with van der Waals surface area (Å²) >= 11 is 0. The summed E-state index contributed by atoms with van der Waals surface area (Å²) in [6, 6.07) is 10.4. The van der Waals surface area contributed by atoms with Crippen molar-refractivity contribution in [1.29, 1.82) is 0 Å². The minimum Gasteiger partial charge on any atom is -0.465 e. The number of fused-ring (bicyclic) bond motifs is 3. The van der Waals surface area contributed by atoms with Crippen molar-refractivity contribution >= 4 is 51.9 Å². The minimum atomic E-state index is -1.00. The Hall–Kier alpha value is -6.48. The van der Waals surface area contributed by atoms with E-state index >= 15 is 0 Å². The number of amides is 2. The molecule has 1 aliphatic carbocycles. The maximum Gasteiger partial charge on any atom is 0.293 e. The lowest BCUT2D eigenvalue weighted by Crippen LogP contribution is -2.40. The molecule has 90 heavy (non-hydrogen) atoms. The Morgan fingerprint density at radius 1 is 0.856 bits per heavy atom. The van der Waals surface area contributed by atoms with E-state index in [-0.39, 0.29) is 55.6 Å². The second-order valence-corrected chi connectivity index (χ2v) is 24.0. The number of hydrogen-bond acceptors (Lipinski definition) is 20. The molecule has 0 radical (unpaired) electrons. The molecule has 1 fully saturated rings. The first-order valence-corrected chi connectivity index (χ1v) is 32.1. The van der Waals surface area contributed by atoms with Gasteiger partial charge in [0.1, 0.15) is 41.8 Å². The number of H-pyrrole nitrogens is 1. The number of benzene rings is 1. The van der Waals surface area contributed by atoms with Gasteiger partial charge in [0.2, 0.25) is 5.91 Å². The van der Waals surface area contributed by atoms with Crippen molar-refractivity contribution in [3.63, 3.8) is 0 Å². The van der Waals surface area contributed by atoms with Crippen molar-refractivity contribution < 1.29 is 67.3 Å². The number of carbonyl (C=O) groups is 3. The number of aromatic nitrogens is 6. The highest BCUT2D eigenvalue weighted by molar-refractivity contribution is 5.99. The van der Waals surface area contributed by atoms with Gasteiger partial charge in [0.15, 0.2) is 12.3 Å². The Balaban J connectivity index is 0.660. The first-order valence-electron chi connectivity index (χ1n) is 32.1. The normalized spacial score (nSPS) is 17.3. The highest BCUT2D eigenvalue weighted by Crippen LogP contribution is 2.33. The number of aliphatic hydroxyl groups is 2. The highest BCUT2D eigenvalue weighted by Gasteiger charge is 2.32. The summed E-state index contributed by atoms with van der Waals surface area (Å²) in [7, 11) is 1.53. The number of pyridine rings is 1. The Labute approximate surface area is 529 Å². The topological polar surface area (TPSA) is 301 Å². The first-order chi connectivity index (χ1) is 43.7. The van der Waals surface area contributed by atoms with Crippen LogP contribution in [0.1, 0.15) is 116 Å². The zero-order valence-corrected chi connectivity index (χ0v) is 53.7. The fraction of sp³-hybridized carbons (Fsp3) is 0.636. The summed E-state index contributed by atoms with van der Waals surface area (Å²) in [4.78, 5) is 61.0. The molecule has 0 bridgehead atoms. The van der Waals surface area contributed by atoms with Gasteiger partial charge in [-0.3, -0.25) is 14.4 Å². The van der Waals surface area contributed by atoms with Crippen LogP contribution in [-0.2, 0) is 76.6 Å². The molecule has 5 aromatic rings. The summed E-state index contributed by atoms with van der Waals surface area (Å²) in [6.45, 7) is 16.9. The van der Waals surface area contributed by atoms with Crippen LogP contribution in [0, 0.1) is 23.7 Å². The molecular formula is C66H98N10O14. The Kier molecular flexibility index (Phi) is 30.3. The van der Waals surface area contributed by atoms with Crippen LogP contribution in [0.4, 0.5) is 5.82 Å². The largest absolute Gasteiger partial charge is 0.465 e. The third-order valence-corrected chi connectivity index (χ3v) is 16.5. The number of methoxy groups -OCH3 is 1. The SMILES string of the molecule is CO[C@@H](/C(=N/OCC(=O)NCCOCCOCCOCCOCCOCCOCCC(=O)N1CCc2cc(Cn3nc(-c4cnc5[nH]ccc5c4)c4c(N)ncnc43)ccc2C1)[C@H](C)CC(C)C)[C@H](O)/C(C)=C/[C@@H](C)CC[C@@H](CC[C@H]1CC[C@H](O)CC1)OC=O. The van der Waals surface area contributed by atoms with Crippen molar-refractivity contribution in [2.75, 3.05) is 112 Å². The number of ether oxygens (including phenoxy) is 8. The monoisotopic (exact) mass is 1250 g/mol. The Bertz CT molecular complexity index is 3020. The molecule has 1 saturated carbocycles. The third kappa shape index (κ3) is 23.0. The molecule has 0 saturated heterocycles. The second kappa shape index (κ2) is 38.4. The maximum absolute atomic E-state index is 13.1. The van der Waals surface area contributed by atoms with E-state index in [4.69, 9.17) is 53.6 Å². The van der Waals surface area contributed by atoms with Crippen LogP contribution in [-0.4, -0.2) is 199 Å². The van der Waals surface area contributed by atoms with Gasteiger partial charge < -0.3 is 73.9 Å². The number of nitrogens with two attached hydrogens (primary N) is 1. The van der Waals surface area contributed by atoms with Gasteiger partial charge in [-0.25, -0.2) is 19.6 Å². The van der Waals surface area contributed by atoms with E-state index in [0.717, 1.165) is 91.1 Å². The number of aromatic amines is 1. The first kappa shape index (κ1) is 71.0. The van der Waals surface area contributed by atoms with E-state index in [9.17, 15) is 24.6 Å². The lowest BCUT2D eigenvalue weighted by Gasteiger charge is -2.29. The van der Waals surface area contributed by atoms with Crippen LogP contribution in [0.25, 0.3) is 33.3 Å². The van der Waals surface area contributed by atoms with Gasteiger partial charge >= 0.3 is 0 Å². The molecule has 5 atom stereocenters. The fourth-order valence-electron chi connectivity index (χ4n) is 11.7. The second-order valence-electron chi connectivity index (χ2n) is 24.0. The zero-order chi connectivity index (χ0) is 64.0. The number of rotatable bonds is 43. The van der Waals surface area contributed by atoms with Crippen molar-refractivity contribution in [2.45, 2.75) is 143 Å². The summed E-state index contributed by atoms with van der Waals surface area (Å²) < 4.78 is 46.9. The number of nitrogens with one attached hydrogen (secondary N) is 2. The zero-order valence-electron chi connectivity index (χ0n) is 53.7. The van der Waals surface area contributed by atoms with Gasteiger partial charge in [0.05, 0.1) is 109 Å². The summed E-state index contributed by atoms with van der Waals surface area (Å²) in [5.74, 6) is 0.944. The fourth-order valence-corrected chi connectivity index (χ4v) is 11.7. The van der Waals surface area contributed by atoms with Crippen molar-refractivity contribution in [3.8, 4) is 11.3 Å². The number of oxime groups is 1. The van der Waals surface area contributed by atoms with Gasteiger partial charge in [-0.2, -0.15) is 5.10 Å². The molecule has 1 aliphatic heterocycles. The molecule has 24 heteroatoms. The summed E-state index contributed by atoms with van der Waals surface area (Å²) in [6.07, 6.45) is 13.7. The molecular weight excluding hydrogens is 1160 g/mol. The smallest absolute Gasteiger partial charge is 0.293 e. The molecule has 7 rings (SSSR count). The lowest BCUT2D eigenvalue weighted by atomic mass is 9.83. The average molecular weight is 1260 g/mol. The van der Waals surface area contributed by atoms with E-state index in [0.29, 0.717) is 152 Å². The predicted molar refractivity (Wildman–Crippen MR) is 341 cm³/mol. The lowest BCUT2D eigenvalue weighted by molar-refractivity contribution is -0.135. The molecule has 496 valence electrons. The van der Waals surface area contributed by atoms with Crippen LogP contribution >= 0.6 is 0 Å². The highest BCUT2D eigenvalue weighted by atomic mass is 16.6. The van der Waals surface area contributed by atoms with Crippen LogP contribution in [0.15, 0.2) is 65.9 Å². The molecule has 5 heterocycles. The van der Waals surface area contributed by atoms with E-state index in [2.05, 4.69) is 69.4 Å². The molecule has 4 aromatic heterocycles. The predicted octanol–water partition coefficient (Wildman–Crippen LogP) is 7.16. The molecule has 0 spiro atoms. The van der Waals surface area contributed by atoms with Gasteiger partial charge in [-0.05, 0) is 123 Å².